The smallest absolute Gasteiger partial charge is 0.146 e. The second-order valence-electron chi connectivity index (χ2n) is 3.55. The molecular weight excluding hydrogens is 201 g/mol. The summed E-state index contributed by atoms with van der Waals surface area (Å²) in [4.78, 5) is 0. The molecule has 0 heterocycles. The summed E-state index contributed by atoms with van der Waals surface area (Å²) in [6.45, 7) is 4.04. The van der Waals surface area contributed by atoms with Crippen molar-refractivity contribution in [2.75, 3.05) is 0 Å². The van der Waals surface area contributed by atoms with Crippen LogP contribution in [0.3, 0.4) is 0 Å². The van der Waals surface area contributed by atoms with E-state index in [2.05, 4.69) is 0 Å². The minimum absolute atomic E-state index is 0.140. The standard InChI is InChI=1S/C11H15ClFN/c1-3-7(2)11(14)8-5-4-6-9(12)10(8)13/h4-7,11H,3,14H2,1-2H3. The Balaban J connectivity index is 3.01. The summed E-state index contributed by atoms with van der Waals surface area (Å²) in [5.74, 6) is -0.134. The molecule has 2 atom stereocenters. The van der Waals surface area contributed by atoms with Gasteiger partial charge in [0.1, 0.15) is 5.82 Å². The summed E-state index contributed by atoms with van der Waals surface area (Å²) in [5, 5.41) is 0.140. The van der Waals surface area contributed by atoms with Crippen LogP contribution in [0, 0.1) is 11.7 Å². The fraction of sp³-hybridized carbons (Fsp3) is 0.455. The van der Waals surface area contributed by atoms with Gasteiger partial charge in [0, 0.05) is 11.6 Å². The molecule has 1 aromatic carbocycles. The first kappa shape index (κ1) is 11.5. The Morgan fingerprint density at radius 1 is 1.50 bits per heavy atom. The van der Waals surface area contributed by atoms with Crippen LogP contribution in [0.4, 0.5) is 4.39 Å². The van der Waals surface area contributed by atoms with Gasteiger partial charge in [-0.15, -0.1) is 0 Å². The van der Waals surface area contributed by atoms with E-state index in [0.717, 1.165) is 6.42 Å². The molecule has 0 bridgehead atoms. The van der Waals surface area contributed by atoms with Crippen molar-refractivity contribution < 1.29 is 4.39 Å². The summed E-state index contributed by atoms with van der Waals surface area (Å²) in [7, 11) is 0. The molecule has 0 radical (unpaired) electrons. The quantitative estimate of drug-likeness (QED) is 0.820. The van der Waals surface area contributed by atoms with Gasteiger partial charge < -0.3 is 5.73 Å². The van der Waals surface area contributed by atoms with E-state index in [1.807, 2.05) is 13.8 Å². The Kier molecular flexibility index (Phi) is 3.90. The van der Waals surface area contributed by atoms with Gasteiger partial charge in [-0.1, -0.05) is 44.0 Å². The lowest BCUT2D eigenvalue weighted by Crippen LogP contribution is -2.19. The molecule has 3 heteroatoms. The van der Waals surface area contributed by atoms with Crippen LogP contribution >= 0.6 is 11.6 Å². The van der Waals surface area contributed by atoms with Crippen molar-refractivity contribution in [3.63, 3.8) is 0 Å². The monoisotopic (exact) mass is 215 g/mol. The zero-order chi connectivity index (χ0) is 10.7. The topological polar surface area (TPSA) is 26.0 Å². The largest absolute Gasteiger partial charge is 0.324 e. The predicted octanol–water partition coefficient (Wildman–Crippen LogP) is 3.53. The SMILES string of the molecule is CCC(C)C(N)c1cccc(Cl)c1F. The number of benzene rings is 1. The van der Waals surface area contributed by atoms with Crippen molar-refractivity contribution in [3.05, 3.63) is 34.6 Å². The Bertz CT molecular complexity index is 314. The van der Waals surface area contributed by atoms with Crippen LogP contribution in [0.1, 0.15) is 31.9 Å². The van der Waals surface area contributed by atoms with Crippen molar-refractivity contribution in [1.82, 2.24) is 0 Å². The van der Waals surface area contributed by atoms with Gasteiger partial charge in [0.05, 0.1) is 5.02 Å². The van der Waals surface area contributed by atoms with Crippen molar-refractivity contribution >= 4 is 11.6 Å². The lowest BCUT2D eigenvalue weighted by atomic mass is 9.93. The van der Waals surface area contributed by atoms with Crippen LogP contribution in [0.5, 0.6) is 0 Å². The predicted molar refractivity (Wildman–Crippen MR) is 57.8 cm³/mol. The Hall–Kier alpha value is -0.600. The number of hydrogen-bond donors (Lipinski definition) is 1. The molecule has 0 saturated carbocycles. The second kappa shape index (κ2) is 4.76. The van der Waals surface area contributed by atoms with Crippen LogP contribution in [0.2, 0.25) is 5.02 Å². The van der Waals surface area contributed by atoms with Gasteiger partial charge in [0.15, 0.2) is 0 Å². The molecule has 0 aliphatic heterocycles. The van der Waals surface area contributed by atoms with Crippen LogP contribution in [-0.4, -0.2) is 0 Å². The lowest BCUT2D eigenvalue weighted by molar-refractivity contribution is 0.439. The average Bonchev–Trinajstić information content (AvgIpc) is 2.20. The normalized spacial score (nSPS) is 15.2. The first-order valence-corrected chi connectivity index (χ1v) is 5.15. The molecule has 0 amide bonds. The highest BCUT2D eigenvalue weighted by Gasteiger charge is 2.18. The molecule has 1 aromatic rings. The van der Waals surface area contributed by atoms with Gasteiger partial charge in [-0.25, -0.2) is 4.39 Å². The first-order valence-electron chi connectivity index (χ1n) is 4.77. The molecule has 14 heavy (non-hydrogen) atoms. The number of rotatable bonds is 3. The van der Waals surface area contributed by atoms with Crippen molar-refractivity contribution in [2.24, 2.45) is 11.7 Å². The Morgan fingerprint density at radius 2 is 2.14 bits per heavy atom. The summed E-state index contributed by atoms with van der Waals surface area (Å²) < 4.78 is 13.5. The number of hydrogen-bond acceptors (Lipinski definition) is 1. The highest BCUT2D eigenvalue weighted by atomic mass is 35.5. The lowest BCUT2D eigenvalue weighted by Gasteiger charge is -2.19. The molecule has 0 spiro atoms. The van der Waals surface area contributed by atoms with Crippen molar-refractivity contribution in [3.8, 4) is 0 Å². The second-order valence-corrected chi connectivity index (χ2v) is 3.96. The molecule has 2 N–H and O–H groups in total. The highest BCUT2D eigenvalue weighted by molar-refractivity contribution is 6.30. The van der Waals surface area contributed by atoms with E-state index in [1.54, 1.807) is 12.1 Å². The number of halogens is 2. The minimum Gasteiger partial charge on any atom is -0.324 e. The third-order valence-electron chi connectivity index (χ3n) is 2.60. The van der Waals surface area contributed by atoms with Crippen LogP contribution < -0.4 is 5.73 Å². The van der Waals surface area contributed by atoms with Gasteiger partial charge in [-0.2, -0.15) is 0 Å². The van der Waals surface area contributed by atoms with Crippen molar-refractivity contribution in [1.29, 1.82) is 0 Å². The fourth-order valence-corrected chi connectivity index (χ4v) is 1.52. The summed E-state index contributed by atoms with van der Waals surface area (Å²) in [6.07, 6.45) is 0.924. The molecule has 1 nitrogen and oxygen atoms in total. The third kappa shape index (κ3) is 2.25. The van der Waals surface area contributed by atoms with E-state index < -0.39 is 0 Å². The molecular formula is C11H15ClFN. The Labute approximate surface area is 89.1 Å². The van der Waals surface area contributed by atoms with E-state index in [4.69, 9.17) is 17.3 Å². The van der Waals surface area contributed by atoms with E-state index >= 15 is 0 Å². The molecule has 0 saturated heterocycles. The zero-order valence-electron chi connectivity index (χ0n) is 8.43. The van der Waals surface area contributed by atoms with Gasteiger partial charge in [-0.05, 0) is 12.0 Å². The maximum Gasteiger partial charge on any atom is 0.146 e. The highest BCUT2D eigenvalue weighted by Crippen LogP contribution is 2.27. The molecule has 2 unspecified atom stereocenters. The molecule has 0 aliphatic carbocycles. The van der Waals surface area contributed by atoms with Gasteiger partial charge >= 0.3 is 0 Å². The number of nitrogens with two attached hydrogens (primary N) is 1. The minimum atomic E-state index is -0.387. The maximum absolute atomic E-state index is 13.5. The summed E-state index contributed by atoms with van der Waals surface area (Å²) in [5.41, 5.74) is 6.43. The summed E-state index contributed by atoms with van der Waals surface area (Å²) >= 11 is 5.68. The average molecular weight is 216 g/mol. The van der Waals surface area contributed by atoms with Gasteiger partial charge in [-0.3, -0.25) is 0 Å². The molecule has 0 fully saturated rings. The molecule has 0 aliphatic rings. The van der Waals surface area contributed by atoms with Crippen molar-refractivity contribution in [2.45, 2.75) is 26.3 Å². The summed E-state index contributed by atoms with van der Waals surface area (Å²) in [6, 6.07) is 4.67. The van der Waals surface area contributed by atoms with Gasteiger partial charge in [0.25, 0.3) is 0 Å². The van der Waals surface area contributed by atoms with Crippen LogP contribution in [0.15, 0.2) is 18.2 Å². The molecule has 78 valence electrons. The fourth-order valence-electron chi connectivity index (χ4n) is 1.34. The maximum atomic E-state index is 13.5. The van der Waals surface area contributed by atoms with Gasteiger partial charge in [0.2, 0.25) is 0 Å². The van der Waals surface area contributed by atoms with Crippen LogP contribution in [-0.2, 0) is 0 Å². The first-order chi connectivity index (χ1) is 6.57. The zero-order valence-corrected chi connectivity index (χ0v) is 9.18. The van der Waals surface area contributed by atoms with E-state index in [9.17, 15) is 4.39 Å². The third-order valence-corrected chi connectivity index (χ3v) is 2.89. The van der Waals surface area contributed by atoms with Crippen LogP contribution in [0.25, 0.3) is 0 Å². The van der Waals surface area contributed by atoms with E-state index in [0.29, 0.717) is 5.56 Å². The van der Waals surface area contributed by atoms with E-state index in [-0.39, 0.29) is 22.8 Å². The molecule has 1 rings (SSSR count). The molecule has 0 aromatic heterocycles. The van der Waals surface area contributed by atoms with E-state index in [1.165, 1.54) is 6.07 Å². The Morgan fingerprint density at radius 3 is 2.71 bits per heavy atom.